The van der Waals surface area contributed by atoms with Gasteiger partial charge in [0.05, 0.1) is 0 Å². The second-order valence-electron chi connectivity index (χ2n) is 6.73. The van der Waals surface area contributed by atoms with Crippen LogP contribution in [0.3, 0.4) is 0 Å². The Morgan fingerprint density at radius 3 is 2.62 bits per heavy atom. The van der Waals surface area contributed by atoms with Gasteiger partial charge in [-0.3, -0.25) is 0 Å². The van der Waals surface area contributed by atoms with E-state index in [1.54, 1.807) is 11.1 Å². The van der Waals surface area contributed by atoms with Crippen molar-refractivity contribution in [2.75, 3.05) is 19.8 Å². The van der Waals surface area contributed by atoms with Crippen molar-refractivity contribution in [1.29, 1.82) is 0 Å². The van der Waals surface area contributed by atoms with Crippen LogP contribution >= 0.6 is 0 Å². The number of benzene rings is 1. The van der Waals surface area contributed by atoms with E-state index in [1.807, 2.05) is 0 Å². The van der Waals surface area contributed by atoms with Crippen molar-refractivity contribution < 1.29 is 4.74 Å². The van der Waals surface area contributed by atoms with E-state index in [1.165, 1.54) is 31.2 Å². The number of rotatable bonds is 8. The van der Waals surface area contributed by atoms with Crippen LogP contribution in [0.15, 0.2) is 18.2 Å². The molecule has 1 aromatic rings. The van der Waals surface area contributed by atoms with Gasteiger partial charge in [-0.25, -0.2) is 0 Å². The van der Waals surface area contributed by atoms with Crippen LogP contribution in [-0.4, -0.2) is 19.8 Å². The molecular weight excluding hydrogens is 258 g/mol. The topological polar surface area (TPSA) is 21.3 Å². The number of hydrogen-bond donors (Lipinski definition) is 1. The molecule has 0 aliphatic heterocycles. The van der Waals surface area contributed by atoms with Crippen molar-refractivity contribution in [2.45, 2.75) is 58.9 Å². The van der Waals surface area contributed by atoms with Crippen molar-refractivity contribution in [2.24, 2.45) is 5.92 Å². The van der Waals surface area contributed by atoms with Gasteiger partial charge in [-0.2, -0.15) is 0 Å². The molecule has 0 aromatic heterocycles. The zero-order valence-electron chi connectivity index (χ0n) is 14.0. The molecule has 0 heterocycles. The molecule has 0 amide bonds. The van der Waals surface area contributed by atoms with Gasteiger partial charge in [0.2, 0.25) is 0 Å². The summed E-state index contributed by atoms with van der Waals surface area (Å²) >= 11 is 0. The molecule has 1 aliphatic rings. The molecule has 1 atom stereocenters. The highest BCUT2D eigenvalue weighted by Gasteiger charge is 2.12. The summed E-state index contributed by atoms with van der Waals surface area (Å²) in [5.74, 6) is 0.632. The van der Waals surface area contributed by atoms with E-state index in [4.69, 9.17) is 4.74 Å². The molecule has 1 aromatic carbocycles. The molecule has 1 aliphatic carbocycles. The summed E-state index contributed by atoms with van der Waals surface area (Å²) in [5, 5.41) is 3.61. The summed E-state index contributed by atoms with van der Waals surface area (Å²) in [5.41, 5.74) is 4.57. The van der Waals surface area contributed by atoms with Gasteiger partial charge in [0, 0.05) is 19.3 Å². The van der Waals surface area contributed by atoms with Gasteiger partial charge in [-0.05, 0) is 68.2 Å². The van der Waals surface area contributed by atoms with E-state index >= 15 is 0 Å². The summed E-state index contributed by atoms with van der Waals surface area (Å²) in [4.78, 5) is 0. The number of ether oxygens (including phenoxy) is 1. The predicted molar refractivity (Wildman–Crippen MR) is 89.8 cm³/mol. The van der Waals surface area contributed by atoms with Crippen LogP contribution < -0.4 is 5.32 Å². The third kappa shape index (κ3) is 5.44. The lowest BCUT2D eigenvalue weighted by Gasteiger charge is -2.20. The van der Waals surface area contributed by atoms with E-state index in [-0.39, 0.29) is 0 Å². The molecule has 0 saturated carbocycles. The maximum Gasteiger partial charge on any atom is 0.0489 e. The lowest BCUT2D eigenvalue weighted by Crippen LogP contribution is -2.21. The van der Waals surface area contributed by atoms with E-state index in [9.17, 15) is 0 Å². The van der Waals surface area contributed by atoms with E-state index in [0.29, 0.717) is 12.0 Å². The largest absolute Gasteiger partial charge is 0.381 e. The summed E-state index contributed by atoms with van der Waals surface area (Å²) in [6.45, 7) is 9.41. The first-order valence-electron chi connectivity index (χ1n) is 8.59. The first kappa shape index (κ1) is 16.5. The van der Waals surface area contributed by atoms with Crippen LogP contribution in [0.5, 0.6) is 0 Å². The number of hydrogen-bond acceptors (Lipinski definition) is 2. The Hall–Kier alpha value is -0.860. The Morgan fingerprint density at radius 1 is 1.10 bits per heavy atom. The lowest BCUT2D eigenvalue weighted by atomic mass is 9.89. The Morgan fingerprint density at radius 2 is 1.86 bits per heavy atom. The zero-order chi connectivity index (χ0) is 15.1. The van der Waals surface area contributed by atoms with E-state index in [0.717, 1.165) is 26.2 Å². The molecule has 2 rings (SSSR count). The second kappa shape index (κ2) is 8.55. The van der Waals surface area contributed by atoms with Gasteiger partial charge in [-0.15, -0.1) is 0 Å². The van der Waals surface area contributed by atoms with Crippen LogP contribution in [0.1, 0.15) is 62.8 Å². The van der Waals surface area contributed by atoms with Crippen molar-refractivity contribution >= 4 is 0 Å². The Bertz CT molecular complexity index is 428. The zero-order valence-corrected chi connectivity index (χ0v) is 14.0. The smallest absolute Gasteiger partial charge is 0.0489 e. The fourth-order valence-corrected chi connectivity index (χ4v) is 2.95. The molecule has 0 bridgehead atoms. The highest BCUT2D eigenvalue weighted by Crippen LogP contribution is 2.24. The monoisotopic (exact) mass is 289 g/mol. The third-order valence-electron chi connectivity index (χ3n) is 4.24. The average molecular weight is 289 g/mol. The van der Waals surface area contributed by atoms with Crippen LogP contribution in [0.2, 0.25) is 0 Å². The molecular formula is C19H31NO. The molecule has 0 saturated heterocycles. The molecule has 21 heavy (non-hydrogen) atoms. The van der Waals surface area contributed by atoms with Crippen molar-refractivity contribution in [3.8, 4) is 0 Å². The maximum absolute atomic E-state index is 5.62. The minimum Gasteiger partial charge on any atom is -0.381 e. The Balaban J connectivity index is 1.72. The van der Waals surface area contributed by atoms with Gasteiger partial charge in [0.1, 0.15) is 0 Å². The van der Waals surface area contributed by atoms with Gasteiger partial charge in [0.15, 0.2) is 0 Å². The molecule has 0 radical (unpaired) electrons. The van der Waals surface area contributed by atoms with Crippen molar-refractivity contribution in [1.82, 2.24) is 5.32 Å². The highest BCUT2D eigenvalue weighted by atomic mass is 16.5. The molecule has 2 nitrogen and oxygen atoms in total. The van der Waals surface area contributed by atoms with E-state index in [2.05, 4.69) is 44.3 Å². The van der Waals surface area contributed by atoms with Crippen molar-refractivity contribution in [3.05, 3.63) is 34.9 Å². The summed E-state index contributed by atoms with van der Waals surface area (Å²) in [6, 6.07) is 7.49. The minimum atomic E-state index is 0.433. The normalized spacial score (nSPS) is 16.0. The van der Waals surface area contributed by atoms with Crippen LogP contribution in [0, 0.1) is 5.92 Å². The van der Waals surface area contributed by atoms with Crippen molar-refractivity contribution in [3.63, 3.8) is 0 Å². The molecule has 0 spiro atoms. The SMILES string of the molecule is CC(C)COCCCNC(C)c1ccc2c(c1)CCCC2. The molecule has 0 fully saturated rings. The highest BCUT2D eigenvalue weighted by molar-refractivity contribution is 5.35. The van der Waals surface area contributed by atoms with Gasteiger partial charge in [-0.1, -0.05) is 32.0 Å². The standard InChI is InChI=1S/C19H31NO/c1-15(2)14-21-12-6-11-20-16(3)18-10-9-17-7-4-5-8-19(17)13-18/h9-10,13,15-16,20H,4-8,11-12,14H2,1-3H3. The summed E-state index contributed by atoms with van der Waals surface area (Å²) < 4.78 is 5.62. The fraction of sp³-hybridized carbons (Fsp3) is 0.684. The summed E-state index contributed by atoms with van der Waals surface area (Å²) in [6.07, 6.45) is 6.33. The van der Waals surface area contributed by atoms with Gasteiger partial charge < -0.3 is 10.1 Å². The van der Waals surface area contributed by atoms with E-state index < -0.39 is 0 Å². The van der Waals surface area contributed by atoms with Crippen LogP contribution in [-0.2, 0) is 17.6 Å². The molecule has 1 unspecified atom stereocenters. The first-order valence-corrected chi connectivity index (χ1v) is 8.59. The minimum absolute atomic E-state index is 0.433. The number of fused-ring (bicyclic) bond motifs is 1. The molecule has 118 valence electrons. The van der Waals surface area contributed by atoms with Crippen LogP contribution in [0.4, 0.5) is 0 Å². The molecule has 1 N–H and O–H groups in total. The van der Waals surface area contributed by atoms with Gasteiger partial charge in [0.25, 0.3) is 0 Å². The second-order valence-corrected chi connectivity index (χ2v) is 6.73. The first-order chi connectivity index (χ1) is 10.2. The number of aryl methyl sites for hydroxylation is 2. The maximum atomic E-state index is 5.62. The predicted octanol–water partition coefficient (Wildman–Crippen LogP) is 4.28. The Labute approximate surface area is 130 Å². The quantitative estimate of drug-likeness (QED) is 0.721. The third-order valence-corrected chi connectivity index (χ3v) is 4.24. The Kier molecular flexibility index (Phi) is 6.72. The number of nitrogens with one attached hydrogen (secondary N) is 1. The van der Waals surface area contributed by atoms with Crippen LogP contribution in [0.25, 0.3) is 0 Å². The average Bonchev–Trinajstić information content (AvgIpc) is 2.49. The van der Waals surface area contributed by atoms with Gasteiger partial charge >= 0.3 is 0 Å². The molecule has 2 heteroatoms. The summed E-state index contributed by atoms with van der Waals surface area (Å²) in [7, 11) is 0. The fourth-order valence-electron chi connectivity index (χ4n) is 2.95. The lowest BCUT2D eigenvalue weighted by molar-refractivity contribution is 0.107.